The predicted molar refractivity (Wildman–Crippen MR) is 91.6 cm³/mol. The summed E-state index contributed by atoms with van der Waals surface area (Å²) in [7, 11) is 1.54. The topological polar surface area (TPSA) is 81.5 Å². The van der Waals surface area contributed by atoms with E-state index in [9.17, 15) is 14.9 Å². The lowest BCUT2D eigenvalue weighted by molar-refractivity contribution is -0.384. The molecule has 0 fully saturated rings. The van der Waals surface area contributed by atoms with Crippen molar-refractivity contribution in [2.24, 2.45) is 0 Å². The number of nitrogens with zero attached hydrogens (tertiary/aromatic N) is 1. The Morgan fingerprint density at radius 2 is 2.09 bits per heavy atom. The van der Waals surface area contributed by atoms with Crippen LogP contribution < -0.4 is 10.1 Å². The summed E-state index contributed by atoms with van der Waals surface area (Å²) < 4.78 is 5.79. The smallest absolute Gasteiger partial charge is 0.288 e. The second kappa shape index (κ2) is 7.43. The Bertz CT molecular complexity index is 767. The van der Waals surface area contributed by atoms with Crippen LogP contribution in [0, 0.1) is 10.1 Å². The van der Waals surface area contributed by atoms with Crippen LogP contribution in [0.5, 0.6) is 5.75 Å². The summed E-state index contributed by atoms with van der Waals surface area (Å²) in [5.74, 6) is 0.500. The molecule has 0 bridgehead atoms. The van der Waals surface area contributed by atoms with Gasteiger partial charge >= 0.3 is 0 Å². The molecule has 1 N–H and O–H groups in total. The van der Waals surface area contributed by atoms with E-state index >= 15 is 0 Å². The molecule has 23 heavy (non-hydrogen) atoms. The molecule has 6 nitrogen and oxygen atoms in total. The minimum absolute atomic E-state index is 0.0136. The number of anilines is 1. The van der Waals surface area contributed by atoms with Crippen LogP contribution in [-0.2, 0) is 0 Å². The van der Waals surface area contributed by atoms with Crippen molar-refractivity contribution >= 4 is 44.7 Å². The predicted octanol–water partition coefficient (Wildman–Crippen LogP) is 4.31. The third-order valence-electron chi connectivity index (χ3n) is 3.07. The molecule has 0 unspecified atom stereocenters. The van der Waals surface area contributed by atoms with Crippen molar-refractivity contribution in [2.75, 3.05) is 19.0 Å². The van der Waals surface area contributed by atoms with Gasteiger partial charge in [0, 0.05) is 17.3 Å². The molecule has 0 amide bonds. The average Bonchev–Trinajstić information content (AvgIpc) is 2.52. The van der Waals surface area contributed by atoms with Crippen LogP contribution in [0.4, 0.5) is 11.4 Å². The molecule has 8 heteroatoms. The zero-order valence-electron chi connectivity index (χ0n) is 12.0. The van der Waals surface area contributed by atoms with Gasteiger partial charge in [0.25, 0.3) is 5.69 Å². The summed E-state index contributed by atoms with van der Waals surface area (Å²) in [6, 6.07) is 9.24. The summed E-state index contributed by atoms with van der Waals surface area (Å²) in [5.41, 5.74) is 0.863. The fourth-order valence-corrected chi connectivity index (χ4v) is 2.68. The van der Waals surface area contributed by atoms with Gasteiger partial charge in [0.15, 0.2) is 5.78 Å². The molecule has 0 spiro atoms. The second-order valence-electron chi connectivity index (χ2n) is 4.55. The van der Waals surface area contributed by atoms with Crippen LogP contribution in [-0.4, -0.2) is 24.4 Å². The monoisotopic (exact) mass is 398 g/mol. The van der Waals surface area contributed by atoms with E-state index in [1.807, 2.05) is 0 Å². The summed E-state index contributed by atoms with van der Waals surface area (Å²) in [5, 5.41) is 13.6. The summed E-state index contributed by atoms with van der Waals surface area (Å²) in [4.78, 5) is 22.3. The number of hydrogen-bond donors (Lipinski definition) is 1. The second-order valence-corrected chi connectivity index (χ2v) is 5.81. The average molecular weight is 400 g/mol. The molecule has 2 aromatic rings. The number of nitro groups is 1. The molecule has 120 valence electrons. The standard InChI is InChI=1S/C15H12BrClN2O4/c1-23-15-5-2-9(6-11(15)16)14(20)8-18-10-3-4-13(19(21)22)12(17)7-10/h2-7,18H,8H2,1H3. The van der Waals surface area contributed by atoms with Gasteiger partial charge in [-0.2, -0.15) is 0 Å². The maximum absolute atomic E-state index is 12.2. The highest BCUT2D eigenvalue weighted by Crippen LogP contribution is 2.28. The van der Waals surface area contributed by atoms with E-state index in [2.05, 4.69) is 21.2 Å². The quantitative estimate of drug-likeness (QED) is 0.444. The molecule has 0 saturated carbocycles. The molecule has 0 atom stereocenters. The van der Waals surface area contributed by atoms with Crippen molar-refractivity contribution in [2.45, 2.75) is 0 Å². The molecule has 0 saturated heterocycles. The van der Waals surface area contributed by atoms with Crippen molar-refractivity contribution in [1.29, 1.82) is 0 Å². The number of carbonyl (C=O) groups is 1. The van der Waals surface area contributed by atoms with Crippen LogP contribution in [0.15, 0.2) is 40.9 Å². The van der Waals surface area contributed by atoms with E-state index in [1.165, 1.54) is 18.2 Å². The number of Topliss-reactive ketones (excluding diaryl/α,β-unsaturated/α-hetero) is 1. The lowest BCUT2D eigenvalue weighted by atomic mass is 10.1. The molecule has 0 aromatic heterocycles. The lowest BCUT2D eigenvalue weighted by Crippen LogP contribution is -2.14. The number of carbonyl (C=O) groups excluding carboxylic acids is 1. The Hall–Kier alpha value is -2.12. The summed E-state index contributed by atoms with van der Waals surface area (Å²) in [6.45, 7) is 0.0346. The summed E-state index contributed by atoms with van der Waals surface area (Å²) in [6.07, 6.45) is 0. The third kappa shape index (κ3) is 4.20. The van der Waals surface area contributed by atoms with E-state index < -0.39 is 4.92 Å². The largest absolute Gasteiger partial charge is 0.496 e. The minimum atomic E-state index is -0.563. The van der Waals surface area contributed by atoms with Crippen molar-refractivity contribution in [3.63, 3.8) is 0 Å². The van der Waals surface area contributed by atoms with Gasteiger partial charge in [0.2, 0.25) is 0 Å². The number of nitro benzene ring substituents is 1. The first-order chi connectivity index (χ1) is 10.9. The number of nitrogens with one attached hydrogen (secondary N) is 1. The highest BCUT2D eigenvalue weighted by Gasteiger charge is 2.13. The van der Waals surface area contributed by atoms with Crippen molar-refractivity contribution in [3.8, 4) is 5.75 Å². The first-order valence-corrected chi connectivity index (χ1v) is 7.64. The minimum Gasteiger partial charge on any atom is -0.496 e. The molecular formula is C15H12BrClN2O4. The molecule has 0 heterocycles. The lowest BCUT2D eigenvalue weighted by Gasteiger charge is -2.08. The number of benzene rings is 2. The molecule has 2 aromatic carbocycles. The summed E-state index contributed by atoms with van der Waals surface area (Å²) >= 11 is 9.15. The van der Waals surface area contributed by atoms with Gasteiger partial charge in [-0.05, 0) is 46.3 Å². The SMILES string of the molecule is COc1ccc(C(=O)CNc2ccc([N+](=O)[O-])c(Cl)c2)cc1Br. The number of halogens is 2. The first kappa shape index (κ1) is 17.2. The molecule has 0 aliphatic rings. The third-order valence-corrected chi connectivity index (χ3v) is 3.99. The van der Waals surface area contributed by atoms with Crippen molar-refractivity contribution in [1.82, 2.24) is 0 Å². The fourth-order valence-electron chi connectivity index (χ4n) is 1.89. The van der Waals surface area contributed by atoms with Gasteiger partial charge in [-0.25, -0.2) is 0 Å². The highest BCUT2D eigenvalue weighted by molar-refractivity contribution is 9.10. The number of hydrogen-bond acceptors (Lipinski definition) is 5. The Morgan fingerprint density at radius 1 is 1.35 bits per heavy atom. The van der Waals surface area contributed by atoms with E-state index in [4.69, 9.17) is 16.3 Å². The molecule has 2 rings (SSSR count). The molecule has 0 radical (unpaired) electrons. The van der Waals surface area contributed by atoms with Crippen LogP contribution in [0.1, 0.15) is 10.4 Å². The zero-order valence-corrected chi connectivity index (χ0v) is 14.3. The van der Waals surface area contributed by atoms with Gasteiger partial charge in [-0.1, -0.05) is 11.6 Å². The van der Waals surface area contributed by atoms with E-state index in [0.717, 1.165) is 0 Å². The molecule has 0 aliphatic heterocycles. The van der Waals surface area contributed by atoms with Crippen LogP contribution in [0.25, 0.3) is 0 Å². The number of methoxy groups -OCH3 is 1. The van der Waals surface area contributed by atoms with Gasteiger partial charge in [0.05, 0.1) is 23.1 Å². The van der Waals surface area contributed by atoms with E-state index in [1.54, 1.807) is 25.3 Å². The number of rotatable bonds is 6. The van der Waals surface area contributed by atoms with Gasteiger partial charge < -0.3 is 10.1 Å². The number of ketones is 1. The Balaban J connectivity index is 2.06. The maximum Gasteiger partial charge on any atom is 0.288 e. The van der Waals surface area contributed by atoms with Crippen LogP contribution in [0.2, 0.25) is 5.02 Å². The Labute approximate surface area is 145 Å². The Morgan fingerprint density at radius 3 is 2.65 bits per heavy atom. The van der Waals surface area contributed by atoms with Gasteiger partial charge in [0.1, 0.15) is 10.8 Å². The van der Waals surface area contributed by atoms with Crippen molar-refractivity contribution in [3.05, 3.63) is 61.6 Å². The number of ether oxygens (including phenoxy) is 1. The Kier molecular flexibility index (Phi) is 5.57. The maximum atomic E-state index is 12.2. The first-order valence-electron chi connectivity index (χ1n) is 6.47. The van der Waals surface area contributed by atoms with Crippen LogP contribution >= 0.6 is 27.5 Å². The normalized spacial score (nSPS) is 10.2. The van der Waals surface area contributed by atoms with Gasteiger partial charge in [-0.15, -0.1) is 0 Å². The van der Waals surface area contributed by atoms with Crippen molar-refractivity contribution < 1.29 is 14.5 Å². The molecular weight excluding hydrogens is 388 g/mol. The van der Waals surface area contributed by atoms with Gasteiger partial charge in [-0.3, -0.25) is 14.9 Å². The zero-order chi connectivity index (χ0) is 17.0. The highest BCUT2D eigenvalue weighted by atomic mass is 79.9. The van der Waals surface area contributed by atoms with Crippen LogP contribution in [0.3, 0.4) is 0 Å². The fraction of sp³-hybridized carbons (Fsp3) is 0.133. The van der Waals surface area contributed by atoms with E-state index in [-0.39, 0.29) is 23.0 Å². The van der Waals surface area contributed by atoms with E-state index in [0.29, 0.717) is 21.5 Å². The molecule has 0 aliphatic carbocycles.